The molecule has 1 aromatic rings. The monoisotopic (exact) mass is 664 g/mol. The number of halogens is 11. The largest absolute Gasteiger partial charge is 0.490 e. The summed E-state index contributed by atoms with van der Waals surface area (Å²) in [7, 11) is 0. The van der Waals surface area contributed by atoms with E-state index < -0.39 is 60.7 Å². The summed E-state index contributed by atoms with van der Waals surface area (Å²) in [6.07, 6.45) is -18.4. The third-order valence-electron chi connectivity index (χ3n) is 5.07. The Balaban J connectivity index is 2.33. The first-order chi connectivity index (χ1) is 16.3. The van der Waals surface area contributed by atoms with Crippen LogP contribution in [0.5, 0.6) is 0 Å². The van der Waals surface area contributed by atoms with Gasteiger partial charge in [-0.1, -0.05) is 15.9 Å². The Kier molecular flexibility index (Phi) is 9.35. The van der Waals surface area contributed by atoms with Crippen LogP contribution in [0.25, 0.3) is 0 Å². The molecule has 0 aromatic heterocycles. The van der Waals surface area contributed by atoms with E-state index in [0.29, 0.717) is 4.90 Å². The number of ether oxygens (including phenoxy) is 1. The van der Waals surface area contributed by atoms with Gasteiger partial charge in [-0.05, 0) is 59.3 Å². The van der Waals surface area contributed by atoms with E-state index in [1.165, 1.54) is 6.07 Å². The molecule has 1 aliphatic rings. The topological polar surface area (TPSA) is 75.7 Å². The molecule has 2 rings (SSSR count). The van der Waals surface area contributed by atoms with Crippen molar-refractivity contribution in [2.24, 2.45) is 0 Å². The van der Waals surface area contributed by atoms with Crippen LogP contribution < -0.4 is 5.32 Å². The molecule has 0 bridgehead atoms. The van der Waals surface area contributed by atoms with Gasteiger partial charge in [-0.3, -0.25) is 9.59 Å². The van der Waals surface area contributed by atoms with Gasteiger partial charge < -0.3 is 15.0 Å². The predicted octanol–water partition coefficient (Wildman–Crippen LogP) is 6.02. The third-order valence-corrected chi connectivity index (χ3v) is 6.15. The van der Waals surface area contributed by atoms with Gasteiger partial charge in [0.2, 0.25) is 0 Å². The van der Waals surface area contributed by atoms with Gasteiger partial charge in [0.25, 0.3) is 0 Å². The second-order valence-electron chi connectivity index (χ2n) is 7.64. The molecule has 0 unspecified atom stereocenters. The molecule has 1 aliphatic carbocycles. The average molecular weight is 666 g/mol. The van der Waals surface area contributed by atoms with Crippen LogP contribution in [0.1, 0.15) is 31.2 Å². The highest BCUT2D eigenvalue weighted by Crippen LogP contribution is 2.36. The summed E-state index contributed by atoms with van der Waals surface area (Å²) < 4.78 is 120. The molecule has 1 fully saturated rings. The van der Waals surface area contributed by atoms with Crippen molar-refractivity contribution in [2.45, 2.75) is 62.9 Å². The summed E-state index contributed by atoms with van der Waals surface area (Å²) in [4.78, 5) is 35.0. The number of hydrogen-bond donors (Lipinski definition) is 1. The summed E-state index contributed by atoms with van der Waals surface area (Å²) in [5.41, 5.74) is -0.828. The van der Waals surface area contributed by atoms with Gasteiger partial charge in [0.15, 0.2) is 0 Å². The number of benzene rings is 1. The van der Waals surface area contributed by atoms with Crippen LogP contribution in [-0.2, 0) is 25.7 Å². The van der Waals surface area contributed by atoms with Crippen molar-refractivity contribution in [3.63, 3.8) is 0 Å². The van der Waals surface area contributed by atoms with Crippen molar-refractivity contribution in [3.05, 3.63) is 26.6 Å². The molecular formula is C19H15Br2F9N2O4. The first-order valence-electron chi connectivity index (χ1n) is 9.82. The van der Waals surface area contributed by atoms with Crippen molar-refractivity contribution in [2.75, 3.05) is 5.32 Å². The number of nitrogens with one attached hydrogen (secondary N) is 1. The number of hydrogen-bond acceptors (Lipinski definition) is 4. The van der Waals surface area contributed by atoms with E-state index >= 15 is 0 Å². The molecule has 0 aliphatic heterocycles. The zero-order chi connectivity index (χ0) is 27.6. The third kappa shape index (κ3) is 7.98. The number of amides is 2. The minimum Gasteiger partial charge on any atom is -0.456 e. The minimum atomic E-state index is -5.39. The van der Waals surface area contributed by atoms with Crippen molar-refractivity contribution >= 4 is 55.3 Å². The van der Waals surface area contributed by atoms with Gasteiger partial charge in [-0.25, -0.2) is 4.79 Å². The molecule has 202 valence electrons. The van der Waals surface area contributed by atoms with Gasteiger partial charge in [0, 0.05) is 21.5 Å². The number of carbonyl (C=O) groups excluding carboxylic acids is 3. The van der Waals surface area contributed by atoms with Crippen LogP contribution in [0.4, 0.5) is 45.2 Å². The van der Waals surface area contributed by atoms with Gasteiger partial charge >= 0.3 is 36.3 Å². The number of nitrogens with zero attached hydrogens (tertiary/aromatic N) is 1. The molecular weight excluding hydrogens is 651 g/mol. The number of rotatable bonds is 5. The minimum absolute atomic E-state index is 0.133. The number of alkyl halides is 9. The Morgan fingerprint density at radius 3 is 1.92 bits per heavy atom. The lowest BCUT2D eigenvalue weighted by Crippen LogP contribution is -2.48. The van der Waals surface area contributed by atoms with Crippen LogP contribution in [0.2, 0.25) is 0 Å². The molecule has 0 spiro atoms. The Morgan fingerprint density at radius 1 is 0.889 bits per heavy atom. The van der Waals surface area contributed by atoms with E-state index in [4.69, 9.17) is 0 Å². The maximum atomic E-state index is 13.3. The van der Waals surface area contributed by atoms with Crippen molar-refractivity contribution in [1.82, 2.24) is 4.90 Å². The maximum Gasteiger partial charge on any atom is 0.490 e. The highest BCUT2D eigenvalue weighted by Gasteiger charge is 2.47. The fourth-order valence-corrected chi connectivity index (χ4v) is 4.89. The summed E-state index contributed by atoms with van der Waals surface area (Å²) in [6, 6.07) is 1.11. The molecule has 17 heteroatoms. The van der Waals surface area contributed by atoms with Crippen LogP contribution in [0.3, 0.4) is 0 Å². The first kappa shape index (κ1) is 30.2. The lowest BCUT2D eigenvalue weighted by Gasteiger charge is -2.37. The standard InChI is InChI=1S/C19H15Br2F9N2O4/c20-9-5-8(13(12(21)6-9)31-14(33)17(22,23)24)7-32(15(34)18(25,26)27)10-1-3-11(4-2-10)36-16(35)19(28,29)30/h5-6,10-11H,1-4,7H2,(H,31,33). The molecule has 0 saturated heterocycles. The summed E-state index contributed by atoms with van der Waals surface area (Å²) in [5.74, 6) is -7.21. The Morgan fingerprint density at radius 2 is 1.44 bits per heavy atom. The molecule has 36 heavy (non-hydrogen) atoms. The zero-order valence-corrected chi connectivity index (χ0v) is 20.8. The molecule has 1 N–H and O–H groups in total. The lowest BCUT2D eigenvalue weighted by molar-refractivity contribution is -0.207. The zero-order valence-electron chi connectivity index (χ0n) is 17.6. The summed E-state index contributed by atoms with van der Waals surface area (Å²) >= 11 is 5.96. The lowest BCUT2D eigenvalue weighted by atomic mass is 9.91. The van der Waals surface area contributed by atoms with E-state index in [1.54, 1.807) is 5.32 Å². The van der Waals surface area contributed by atoms with Gasteiger partial charge in [-0.2, -0.15) is 39.5 Å². The number of carbonyl (C=O) groups is 3. The molecule has 0 heterocycles. The average Bonchev–Trinajstić information content (AvgIpc) is 2.72. The first-order valence-corrected chi connectivity index (χ1v) is 11.4. The molecule has 2 amide bonds. The molecule has 0 atom stereocenters. The normalized spacial score (nSPS) is 19.0. The van der Waals surface area contributed by atoms with E-state index in [9.17, 15) is 53.9 Å². The van der Waals surface area contributed by atoms with E-state index in [1.807, 2.05) is 0 Å². The summed E-state index contributed by atoms with van der Waals surface area (Å²) in [5, 5.41) is 1.56. The van der Waals surface area contributed by atoms with E-state index in [-0.39, 0.29) is 40.2 Å². The summed E-state index contributed by atoms with van der Waals surface area (Å²) in [6.45, 7) is -0.901. The molecule has 6 nitrogen and oxygen atoms in total. The highest BCUT2D eigenvalue weighted by molar-refractivity contribution is 9.11. The van der Waals surface area contributed by atoms with Gasteiger partial charge in [0.05, 0.1) is 5.69 Å². The second kappa shape index (κ2) is 11.1. The van der Waals surface area contributed by atoms with E-state index in [2.05, 4.69) is 36.6 Å². The second-order valence-corrected chi connectivity index (χ2v) is 9.41. The Labute approximate surface area is 213 Å². The van der Waals surface area contributed by atoms with Gasteiger partial charge in [0.1, 0.15) is 6.10 Å². The molecule has 1 aromatic carbocycles. The van der Waals surface area contributed by atoms with E-state index in [0.717, 1.165) is 6.07 Å². The molecule has 0 radical (unpaired) electrons. The van der Waals surface area contributed by atoms with Crippen LogP contribution in [0.15, 0.2) is 21.1 Å². The predicted molar refractivity (Wildman–Crippen MR) is 111 cm³/mol. The van der Waals surface area contributed by atoms with Crippen LogP contribution in [0, 0.1) is 0 Å². The quantitative estimate of drug-likeness (QED) is 0.309. The van der Waals surface area contributed by atoms with Crippen LogP contribution in [-0.4, -0.2) is 53.4 Å². The molecule has 1 saturated carbocycles. The smallest absolute Gasteiger partial charge is 0.456 e. The number of anilines is 1. The highest BCUT2D eigenvalue weighted by atomic mass is 79.9. The van der Waals surface area contributed by atoms with Crippen molar-refractivity contribution in [1.29, 1.82) is 0 Å². The van der Waals surface area contributed by atoms with Crippen LogP contribution >= 0.6 is 31.9 Å². The fraction of sp³-hybridized carbons (Fsp3) is 0.526. The fourth-order valence-electron chi connectivity index (χ4n) is 3.48. The SMILES string of the molecule is O=C(Nc1c(Br)cc(Br)cc1CN(C(=O)C(F)(F)F)C1CCC(OC(=O)C(F)(F)F)CC1)C(F)(F)F. The Hall–Kier alpha value is -2.04. The van der Waals surface area contributed by atoms with Crippen molar-refractivity contribution in [3.8, 4) is 0 Å². The number of esters is 1. The van der Waals surface area contributed by atoms with Crippen molar-refractivity contribution < 1.29 is 58.6 Å². The Bertz CT molecular complexity index is 1000. The maximum absolute atomic E-state index is 13.3. The van der Waals surface area contributed by atoms with Gasteiger partial charge in [-0.15, -0.1) is 0 Å².